The van der Waals surface area contributed by atoms with E-state index in [1.807, 2.05) is 0 Å². The van der Waals surface area contributed by atoms with Crippen LogP contribution in [0.15, 0.2) is 42.6 Å². The SMILES string of the molecule is Fc1cccnc1C(Cl)c1ccc(Cl)cc1. The lowest BCUT2D eigenvalue weighted by Crippen LogP contribution is -1.99. The molecule has 0 saturated heterocycles. The Bertz CT molecular complexity index is 485. The normalized spacial score (nSPS) is 12.4. The van der Waals surface area contributed by atoms with Gasteiger partial charge in [-0.1, -0.05) is 23.7 Å². The first-order valence-electron chi connectivity index (χ1n) is 4.68. The fourth-order valence-electron chi connectivity index (χ4n) is 1.37. The maximum absolute atomic E-state index is 13.4. The van der Waals surface area contributed by atoms with Gasteiger partial charge in [-0.25, -0.2) is 4.39 Å². The monoisotopic (exact) mass is 255 g/mol. The molecule has 0 spiro atoms. The Morgan fingerprint density at radius 3 is 2.44 bits per heavy atom. The fraction of sp³-hybridized carbons (Fsp3) is 0.0833. The molecule has 1 unspecified atom stereocenters. The first kappa shape index (κ1) is 11.4. The van der Waals surface area contributed by atoms with E-state index in [0.29, 0.717) is 5.02 Å². The minimum atomic E-state index is -0.599. The van der Waals surface area contributed by atoms with Gasteiger partial charge in [0.15, 0.2) is 0 Å². The van der Waals surface area contributed by atoms with Gasteiger partial charge in [0.05, 0.1) is 5.69 Å². The molecular weight excluding hydrogens is 248 g/mol. The van der Waals surface area contributed by atoms with E-state index < -0.39 is 11.2 Å². The number of alkyl halides is 1. The maximum atomic E-state index is 13.4. The van der Waals surface area contributed by atoms with E-state index in [4.69, 9.17) is 23.2 Å². The number of hydrogen-bond acceptors (Lipinski definition) is 1. The van der Waals surface area contributed by atoms with Gasteiger partial charge >= 0.3 is 0 Å². The van der Waals surface area contributed by atoms with Crippen molar-refractivity contribution in [1.82, 2.24) is 4.98 Å². The molecule has 0 bridgehead atoms. The van der Waals surface area contributed by atoms with Crippen LogP contribution in [0.2, 0.25) is 5.02 Å². The van der Waals surface area contributed by atoms with Crippen molar-refractivity contribution < 1.29 is 4.39 Å². The average Bonchev–Trinajstić information content (AvgIpc) is 2.30. The predicted octanol–water partition coefficient (Wildman–Crippen LogP) is 4.20. The molecule has 1 nitrogen and oxygen atoms in total. The summed E-state index contributed by atoms with van der Waals surface area (Å²) in [6, 6.07) is 9.82. The van der Waals surface area contributed by atoms with E-state index in [-0.39, 0.29) is 5.69 Å². The molecule has 0 aliphatic rings. The van der Waals surface area contributed by atoms with Gasteiger partial charge in [0.1, 0.15) is 11.2 Å². The summed E-state index contributed by atoms with van der Waals surface area (Å²) >= 11 is 11.9. The van der Waals surface area contributed by atoms with Gasteiger partial charge in [-0.3, -0.25) is 4.98 Å². The number of aromatic nitrogens is 1. The first-order valence-corrected chi connectivity index (χ1v) is 5.50. The summed E-state index contributed by atoms with van der Waals surface area (Å²) in [6.45, 7) is 0. The number of halogens is 3. The molecule has 0 aliphatic heterocycles. The molecule has 1 aromatic heterocycles. The van der Waals surface area contributed by atoms with Crippen molar-refractivity contribution in [2.24, 2.45) is 0 Å². The van der Waals surface area contributed by atoms with E-state index in [0.717, 1.165) is 5.56 Å². The third-order valence-corrected chi connectivity index (χ3v) is 2.90. The van der Waals surface area contributed by atoms with Crippen molar-refractivity contribution in [3.05, 3.63) is 64.7 Å². The number of benzene rings is 1. The Hall–Kier alpha value is -1.12. The van der Waals surface area contributed by atoms with Crippen LogP contribution in [0.5, 0.6) is 0 Å². The largest absolute Gasteiger partial charge is 0.256 e. The van der Waals surface area contributed by atoms with Crippen molar-refractivity contribution in [2.45, 2.75) is 5.38 Å². The zero-order valence-electron chi connectivity index (χ0n) is 8.20. The molecule has 0 aliphatic carbocycles. The lowest BCUT2D eigenvalue weighted by atomic mass is 10.1. The first-order chi connectivity index (χ1) is 7.68. The topological polar surface area (TPSA) is 12.9 Å². The summed E-state index contributed by atoms with van der Waals surface area (Å²) in [7, 11) is 0. The summed E-state index contributed by atoms with van der Waals surface area (Å²) in [4.78, 5) is 3.94. The van der Waals surface area contributed by atoms with Crippen molar-refractivity contribution in [1.29, 1.82) is 0 Å². The van der Waals surface area contributed by atoms with Crippen LogP contribution in [-0.4, -0.2) is 4.98 Å². The van der Waals surface area contributed by atoms with Gasteiger partial charge in [-0.2, -0.15) is 0 Å². The molecule has 82 valence electrons. The minimum absolute atomic E-state index is 0.228. The molecule has 1 atom stereocenters. The smallest absolute Gasteiger partial charge is 0.146 e. The van der Waals surface area contributed by atoms with Crippen molar-refractivity contribution in [3.8, 4) is 0 Å². The van der Waals surface area contributed by atoms with E-state index in [2.05, 4.69) is 4.98 Å². The minimum Gasteiger partial charge on any atom is -0.256 e. The standard InChI is InChI=1S/C12H8Cl2FN/c13-9-5-3-8(4-6-9)11(14)12-10(15)2-1-7-16-12/h1-7,11H. The van der Waals surface area contributed by atoms with Gasteiger partial charge in [-0.15, -0.1) is 11.6 Å². The highest BCUT2D eigenvalue weighted by Crippen LogP contribution is 2.29. The second-order valence-electron chi connectivity index (χ2n) is 3.28. The summed E-state index contributed by atoms with van der Waals surface area (Å²) in [5.41, 5.74) is 0.996. The molecule has 0 amide bonds. The second-order valence-corrected chi connectivity index (χ2v) is 4.16. The Labute approximate surface area is 103 Å². The number of hydrogen-bond donors (Lipinski definition) is 0. The zero-order chi connectivity index (χ0) is 11.5. The molecule has 2 rings (SSSR count). The summed E-state index contributed by atoms with van der Waals surface area (Å²) < 4.78 is 13.4. The van der Waals surface area contributed by atoms with Crippen LogP contribution in [0.4, 0.5) is 4.39 Å². The van der Waals surface area contributed by atoms with Crippen LogP contribution in [0, 0.1) is 5.82 Å². The maximum Gasteiger partial charge on any atom is 0.146 e. The summed E-state index contributed by atoms with van der Waals surface area (Å²) in [5.74, 6) is -0.405. The lowest BCUT2D eigenvalue weighted by molar-refractivity contribution is 0.602. The van der Waals surface area contributed by atoms with Gasteiger partial charge in [0.2, 0.25) is 0 Å². The Balaban J connectivity index is 2.35. The van der Waals surface area contributed by atoms with Crippen molar-refractivity contribution in [2.75, 3.05) is 0 Å². The lowest BCUT2D eigenvalue weighted by Gasteiger charge is -2.09. The van der Waals surface area contributed by atoms with E-state index in [1.165, 1.54) is 18.3 Å². The molecule has 16 heavy (non-hydrogen) atoms. The fourth-order valence-corrected chi connectivity index (χ4v) is 1.81. The summed E-state index contributed by atoms with van der Waals surface area (Å²) in [5, 5.41) is 0.0209. The number of rotatable bonds is 2. The molecule has 0 saturated carbocycles. The number of nitrogens with zero attached hydrogens (tertiary/aromatic N) is 1. The highest BCUT2D eigenvalue weighted by Gasteiger charge is 2.15. The van der Waals surface area contributed by atoms with Crippen LogP contribution in [0.3, 0.4) is 0 Å². The van der Waals surface area contributed by atoms with Gasteiger partial charge in [0.25, 0.3) is 0 Å². The van der Waals surface area contributed by atoms with E-state index in [9.17, 15) is 4.39 Å². The molecule has 0 N–H and O–H groups in total. The van der Waals surface area contributed by atoms with Gasteiger partial charge < -0.3 is 0 Å². The Morgan fingerprint density at radius 1 is 1.12 bits per heavy atom. The zero-order valence-corrected chi connectivity index (χ0v) is 9.71. The Morgan fingerprint density at radius 2 is 1.81 bits per heavy atom. The molecule has 4 heteroatoms. The summed E-state index contributed by atoms with van der Waals surface area (Å²) in [6.07, 6.45) is 1.52. The van der Waals surface area contributed by atoms with E-state index in [1.54, 1.807) is 24.3 Å². The third kappa shape index (κ3) is 2.34. The van der Waals surface area contributed by atoms with Crippen LogP contribution < -0.4 is 0 Å². The predicted molar refractivity (Wildman–Crippen MR) is 63.3 cm³/mol. The average molecular weight is 256 g/mol. The number of pyridine rings is 1. The second kappa shape index (κ2) is 4.81. The quantitative estimate of drug-likeness (QED) is 0.733. The van der Waals surface area contributed by atoms with Gasteiger partial charge in [-0.05, 0) is 29.8 Å². The van der Waals surface area contributed by atoms with Crippen LogP contribution >= 0.6 is 23.2 Å². The molecule has 0 radical (unpaired) electrons. The Kier molecular flexibility index (Phi) is 3.42. The molecule has 1 aromatic carbocycles. The van der Waals surface area contributed by atoms with Crippen LogP contribution in [0.1, 0.15) is 16.6 Å². The van der Waals surface area contributed by atoms with E-state index >= 15 is 0 Å². The molecule has 2 aromatic rings. The van der Waals surface area contributed by atoms with Crippen LogP contribution in [0.25, 0.3) is 0 Å². The van der Waals surface area contributed by atoms with Crippen LogP contribution in [-0.2, 0) is 0 Å². The van der Waals surface area contributed by atoms with Crippen molar-refractivity contribution >= 4 is 23.2 Å². The van der Waals surface area contributed by atoms with Crippen molar-refractivity contribution in [3.63, 3.8) is 0 Å². The highest BCUT2D eigenvalue weighted by atomic mass is 35.5. The molecule has 0 fully saturated rings. The molecular formula is C12H8Cl2FN. The van der Waals surface area contributed by atoms with Gasteiger partial charge in [0, 0.05) is 11.2 Å². The third-order valence-electron chi connectivity index (χ3n) is 2.19. The molecule has 1 heterocycles. The highest BCUT2D eigenvalue weighted by molar-refractivity contribution is 6.30.